The van der Waals surface area contributed by atoms with Gasteiger partial charge in [-0.15, -0.1) is 0 Å². The van der Waals surface area contributed by atoms with E-state index >= 15 is 0 Å². The molecule has 15 heavy (non-hydrogen) atoms. The van der Waals surface area contributed by atoms with E-state index in [-0.39, 0.29) is 17.9 Å². The van der Waals surface area contributed by atoms with Crippen LogP contribution < -0.4 is 16.4 Å². The molecule has 0 aromatic rings. The van der Waals surface area contributed by atoms with Gasteiger partial charge in [-0.1, -0.05) is 13.8 Å². The molecule has 1 heterocycles. The summed E-state index contributed by atoms with van der Waals surface area (Å²) in [4.78, 5) is 22.8. The van der Waals surface area contributed by atoms with Crippen LogP contribution in [0.15, 0.2) is 0 Å². The Morgan fingerprint density at radius 3 is 2.53 bits per heavy atom. The van der Waals surface area contributed by atoms with Crippen molar-refractivity contribution in [3.63, 3.8) is 0 Å². The molecule has 0 radical (unpaired) electrons. The van der Waals surface area contributed by atoms with E-state index in [9.17, 15) is 9.59 Å². The van der Waals surface area contributed by atoms with E-state index in [1.54, 1.807) is 0 Å². The first-order valence-electron chi connectivity index (χ1n) is 5.35. The number of carbonyl (C=O) groups is 2. The van der Waals surface area contributed by atoms with Crippen molar-refractivity contribution in [1.82, 2.24) is 10.6 Å². The van der Waals surface area contributed by atoms with Crippen molar-refractivity contribution >= 4 is 11.8 Å². The van der Waals surface area contributed by atoms with Crippen LogP contribution in [0.1, 0.15) is 26.7 Å². The number of nitrogens with two attached hydrogens (primary N) is 1. The molecule has 0 bridgehead atoms. The second-order valence-electron chi connectivity index (χ2n) is 4.28. The summed E-state index contributed by atoms with van der Waals surface area (Å²) in [6, 6.07) is -0.731. The molecule has 2 atom stereocenters. The van der Waals surface area contributed by atoms with E-state index in [1.165, 1.54) is 0 Å². The number of carbonyl (C=O) groups excluding carboxylic acids is 2. The van der Waals surface area contributed by atoms with E-state index in [2.05, 4.69) is 10.6 Å². The van der Waals surface area contributed by atoms with Crippen molar-refractivity contribution in [2.45, 2.75) is 38.8 Å². The highest BCUT2D eigenvalue weighted by Crippen LogP contribution is 2.07. The van der Waals surface area contributed by atoms with Crippen LogP contribution in [0.2, 0.25) is 0 Å². The van der Waals surface area contributed by atoms with Gasteiger partial charge in [0, 0.05) is 0 Å². The van der Waals surface area contributed by atoms with Crippen LogP contribution >= 0.6 is 0 Å². The summed E-state index contributed by atoms with van der Waals surface area (Å²) in [7, 11) is 0. The Morgan fingerprint density at radius 1 is 1.47 bits per heavy atom. The summed E-state index contributed by atoms with van der Waals surface area (Å²) in [5, 5.41) is 5.76. The van der Waals surface area contributed by atoms with Gasteiger partial charge in [0.1, 0.15) is 6.04 Å². The van der Waals surface area contributed by atoms with E-state index < -0.39 is 11.9 Å². The number of hydrogen-bond donors (Lipinski definition) is 3. The minimum atomic E-state index is -0.570. The number of primary amides is 1. The largest absolute Gasteiger partial charge is 0.368 e. The predicted molar refractivity (Wildman–Crippen MR) is 57.0 cm³/mol. The molecule has 0 spiro atoms. The molecule has 1 aliphatic rings. The van der Waals surface area contributed by atoms with Gasteiger partial charge in [0.25, 0.3) is 0 Å². The second-order valence-corrected chi connectivity index (χ2v) is 4.28. The maximum Gasteiger partial charge on any atom is 0.240 e. The first kappa shape index (κ1) is 12.0. The zero-order chi connectivity index (χ0) is 11.4. The summed E-state index contributed by atoms with van der Waals surface area (Å²) >= 11 is 0. The van der Waals surface area contributed by atoms with Crippen LogP contribution in [0.4, 0.5) is 0 Å². The van der Waals surface area contributed by atoms with Crippen molar-refractivity contribution in [3.05, 3.63) is 0 Å². The second kappa shape index (κ2) is 5.11. The molecule has 5 heteroatoms. The Balaban J connectivity index is 2.50. The van der Waals surface area contributed by atoms with Crippen LogP contribution in [0.3, 0.4) is 0 Å². The molecule has 1 rings (SSSR count). The van der Waals surface area contributed by atoms with Gasteiger partial charge in [-0.2, -0.15) is 0 Å². The van der Waals surface area contributed by atoms with Crippen molar-refractivity contribution < 1.29 is 9.59 Å². The maximum atomic E-state index is 11.7. The molecular formula is C10H19N3O2. The van der Waals surface area contributed by atoms with Gasteiger partial charge in [-0.05, 0) is 25.3 Å². The fourth-order valence-corrected chi connectivity index (χ4v) is 1.73. The van der Waals surface area contributed by atoms with Crippen LogP contribution in [-0.4, -0.2) is 30.4 Å². The third kappa shape index (κ3) is 3.20. The Morgan fingerprint density at radius 2 is 2.13 bits per heavy atom. The molecule has 1 fully saturated rings. The molecule has 2 amide bonds. The third-order valence-corrected chi connectivity index (χ3v) is 2.65. The zero-order valence-corrected chi connectivity index (χ0v) is 9.25. The summed E-state index contributed by atoms with van der Waals surface area (Å²) in [6.45, 7) is 4.58. The molecular weight excluding hydrogens is 194 g/mol. The zero-order valence-electron chi connectivity index (χ0n) is 9.25. The van der Waals surface area contributed by atoms with Gasteiger partial charge < -0.3 is 16.4 Å². The standard InChI is InChI=1S/C10H19N3O2/c1-6(2)8(9(11)14)13-10(15)7-4-3-5-12-7/h6-8,12H,3-5H2,1-2H3,(H2,11,14)(H,13,15)/t7-,8+/m1/s1. The Hall–Kier alpha value is -1.10. The minimum Gasteiger partial charge on any atom is -0.368 e. The lowest BCUT2D eigenvalue weighted by atomic mass is 10.0. The third-order valence-electron chi connectivity index (χ3n) is 2.65. The molecule has 0 aromatic carbocycles. The average molecular weight is 213 g/mol. The monoisotopic (exact) mass is 213 g/mol. The first-order valence-corrected chi connectivity index (χ1v) is 5.35. The summed E-state index contributed by atoms with van der Waals surface area (Å²) < 4.78 is 0. The normalized spacial score (nSPS) is 22.7. The fourth-order valence-electron chi connectivity index (χ4n) is 1.73. The smallest absolute Gasteiger partial charge is 0.240 e. The average Bonchev–Trinajstić information content (AvgIpc) is 2.65. The molecule has 86 valence electrons. The summed E-state index contributed by atoms with van der Waals surface area (Å²) in [5.74, 6) is -0.575. The molecule has 0 saturated carbocycles. The van der Waals surface area contributed by atoms with Crippen molar-refractivity contribution in [2.75, 3.05) is 6.54 Å². The fraction of sp³-hybridized carbons (Fsp3) is 0.800. The number of nitrogens with one attached hydrogen (secondary N) is 2. The predicted octanol–water partition coefficient (Wildman–Crippen LogP) is -0.635. The number of hydrogen-bond acceptors (Lipinski definition) is 3. The first-order chi connectivity index (χ1) is 7.02. The highest BCUT2D eigenvalue weighted by Gasteiger charge is 2.27. The minimum absolute atomic E-state index is 0.0212. The number of rotatable bonds is 4. The van der Waals surface area contributed by atoms with Crippen LogP contribution in [0.5, 0.6) is 0 Å². The molecule has 0 aliphatic carbocycles. The van der Waals surface area contributed by atoms with Gasteiger partial charge in [-0.25, -0.2) is 0 Å². The molecule has 4 N–H and O–H groups in total. The Kier molecular flexibility index (Phi) is 4.08. The van der Waals surface area contributed by atoms with Crippen LogP contribution in [-0.2, 0) is 9.59 Å². The van der Waals surface area contributed by atoms with E-state index in [1.807, 2.05) is 13.8 Å². The van der Waals surface area contributed by atoms with Gasteiger partial charge in [0.05, 0.1) is 6.04 Å². The summed E-state index contributed by atoms with van der Waals surface area (Å²) in [5.41, 5.74) is 5.21. The van der Waals surface area contributed by atoms with Crippen molar-refractivity contribution in [2.24, 2.45) is 11.7 Å². The highest BCUT2D eigenvalue weighted by atomic mass is 16.2. The van der Waals surface area contributed by atoms with Gasteiger partial charge in [0.15, 0.2) is 0 Å². The van der Waals surface area contributed by atoms with Crippen molar-refractivity contribution in [3.8, 4) is 0 Å². The highest BCUT2D eigenvalue weighted by molar-refractivity contribution is 5.89. The Labute approximate surface area is 89.8 Å². The number of amides is 2. The lowest BCUT2D eigenvalue weighted by Gasteiger charge is -2.21. The molecule has 5 nitrogen and oxygen atoms in total. The maximum absolute atomic E-state index is 11.7. The SMILES string of the molecule is CC(C)[C@H](NC(=O)[C@H]1CCCN1)C(N)=O. The van der Waals surface area contributed by atoms with E-state index in [4.69, 9.17) is 5.73 Å². The topological polar surface area (TPSA) is 84.2 Å². The van der Waals surface area contributed by atoms with E-state index in [0.717, 1.165) is 19.4 Å². The van der Waals surface area contributed by atoms with Gasteiger partial charge in [0.2, 0.25) is 11.8 Å². The lowest BCUT2D eigenvalue weighted by molar-refractivity contribution is -0.129. The summed E-state index contributed by atoms with van der Waals surface area (Å²) in [6.07, 6.45) is 1.83. The Bertz CT molecular complexity index is 247. The van der Waals surface area contributed by atoms with Gasteiger partial charge in [-0.3, -0.25) is 9.59 Å². The molecule has 1 aliphatic heterocycles. The molecule has 0 aromatic heterocycles. The van der Waals surface area contributed by atoms with Crippen LogP contribution in [0.25, 0.3) is 0 Å². The van der Waals surface area contributed by atoms with Crippen LogP contribution in [0, 0.1) is 5.92 Å². The molecule has 0 unspecified atom stereocenters. The van der Waals surface area contributed by atoms with Gasteiger partial charge >= 0.3 is 0 Å². The molecule has 1 saturated heterocycles. The van der Waals surface area contributed by atoms with Crippen molar-refractivity contribution in [1.29, 1.82) is 0 Å². The quantitative estimate of drug-likeness (QED) is 0.581. The lowest BCUT2D eigenvalue weighted by Crippen LogP contribution is -2.52. The van der Waals surface area contributed by atoms with E-state index in [0.29, 0.717) is 0 Å².